The Morgan fingerprint density at radius 2 is 0.911 bits per heavy atom. The Bertz CT molecular complexity index is 4890. The van der Waals surface area contributed by atoms with E-state index in [2.05, 4.69) is 50.6 Å². The number of hydrogen-bond acceptors (Lipinski definition) is 22. The zero-order valence-corrected chi connectivity index (χ0v) is 47.4. The van der Waals surface area contributed by atoms with Gasteiger partial charge < -0.3 is 52.7 Å². The van der Waals surface area contributed by atoms with Crippen molar-refractivity contribution < 1.29 is 48.0 Å². The molecule has 456 valence electrons. The van der Waals surface area contributed by atoms with Crippen LogP contribution in [0.25, 0.3) is 11.6 Å². The van der Waals surface area contributed by atoms with E-state index in [0.29, 0.717) is 50.1 Å². The molecule has 0 aliphatic carbocycles. The molecule has 0 unspecified atom stereocenters. The average molecular weight is 1220 g/mol. The number of amides is 4. The van der Waals surface area contributed by atoms with Crippen molar-refractivity contribution in [1.29, 1.82) is 0 Å². The van der Waals surface area contributed by atoms with Gasteiger partial charge in [0.15, 0.2) is 0 Å². The summed E-state index contributed by atoms with van der Waals surface area (Å²) in [4.78, 5) is 159. The van der Waals surface area contributed by atoms with Gasteiger partial charge in [0.1, 0.15) is 45.5 Å². The molecular formula is C60H50N14O16. The summed E-state index contributed by atoms with van der Waals surface area (Å²) in [7, 11) is 0. The second kappa shape index (κ2) is 23.9. The number of nitrogens with two attached hydrogens (primary N) is 2. The van der Waals surface area contributed by atoms with Crippen LogP contribution in [-0.4, -0.2) is 88.0 Å². The van der Waals surface area contributed by atoms with E-state index in [9.17, 15) is 57.5 Å². The second-order valence-corrected chi connectivity index (χ2v) is 21.2. The minimum absolute atomic E-state index is 0.0254. The van der Waals surface area contributed by atoms with E-state index in [1.807, 2.05) is 36.4 Å². The van der Waals surface area contributed by atoms with Crippen molar-refractivity contribution in [3.05, 3.63) is 237 Å². The summed E-state index contributed by atoms with van der Waals surface area (Å²) in [5.74, 6) is -7.41. The first-order chi connectivity index (χ1) is 43.0. The lowest BCUT2D eigenvalue weighted by atomic mass is 9.96. The lowest BCUT2D eigenvalue weighted by Crippen LogP contribution is -2.44. The normalized spacial score (nSPS) is 13.4. The summed E-state index contributed by atoms with van der Waals surface area (Å²) < 4.78 is 11.0. The summed E-state index contributed by atoms with van der Waals surface area (Å²) in [5, 5.41) is 36.3. The smallest absolute Gasteiger partial charge is 0.448 e. The van der Waals surface area contributed by atoms with E-state index >= 15 is 0 Å². The van der Waals surface area contributed by atoms with Crippen molar-refractivity contribution in [2.45, 2.75) is 65.0 Å². The summed E-state index contributed by atoms with van der Waals surface area (Å²) in [6, 6.07) is 24.4. The average Bonchev–Trinajstić information content (AvgIpc) is 1.00. The zero-order chi connectivity index (χ0) is 64.0. The molecule has 6 heterocycles. The number of nitrogen functional groups attached to an aromatic ring is 2. The minimum Gasteiger partial charge on any atom is -0.478 e. The SMILES string of the molecule is C[C@H](NC(=O)c1cc(C(=O)NCc2ccc3c(c2)CN(c2c(N)c(=O)c2=O)CC3)n2c(=O)onc2n1)c1ccc(C(=O)O)cc1.C[C@H](NC(=O)c1cc(C(=O)NCc2ccc3c(c2)CN(c2c(N)c(=O)c2=O)CC3)nc2noc(=O)n12)c1ccc(C(=O)O)cc1. The Morgan fingerprint density at radius 3 is 1.33 bits per heavy atom. The van der Waals surface area contributed by atoms with Crippen molar-refractivity contribution in [3.63, 3.8) is 0 Å². The first kappa shape index (κ1) is 59.5. The number of anilines is 4. The van der Waals surface area contributed by atoms with Crippen LogP contribution >= 0.6 is 0 Å². The highest BCUT2D eigenvalue weighted by Crippen LogP contribution is 2.29. The maximum Gasteiger partial charge on any atom is 0.448 e. The molecule has 10 aromatic rings. The molecule has 2 aliphatic rings. The highest BCUT2D eigenvalue weighted by atomic mass is 16.5. The largest absolute Gasteiger partial charge is 0.478 e. The molecule has 10 N–H and O–H groups in total. The van der Waals surface area contributed by atoms with Gasteiger partial charge in [-0.3, -0.25) is 47.4 Å². The van der Waals surface area contributed by atoms with Gasteiger partial charge in [-0.2, -0.15) is 0 Å². The van der Waals surface area contributed by atoms with Gasteiger partial charge in [0.05, 0.1) is 23.2 Å². The number of fused-ring (bicyclic) bond motifs is 4. The molecule has 6 aromatic carbocycles. The van der Waals surface area contributed by atoms with E-state index in [-0.39, 0.29) is 81.3 Å². The van der Waals surface area contributed by atoms with Gasteiger partial charge in [0.2, 0.25) is 0 Å². The van der Waals surface area contributed by atoms with Crippen LogP contribution in [0.1, 0.15) is 133 Å². The van der Waals surface area contributed by atoms with Crippen LogP contribution in [0.4, 0.5) is 22.7 Å². The third-order valence-corrected chi connectivity index (χ3v) is 15.5. The lowest BCUT2D eigenvalue weighted by Gasteiger charge is -2.32. The van der Waals surface area contributed by atoms with Crippen molar-refractivity contribution in [2.24, 2.45) is 0 Å². The third kappa shape index (κ3) is 11.5. The number of carbonyl (C=O) groups excluding carboxylic acids is 4. The van der Waals surface area contributed by atoms with Gasteiger partial charge in [0.25, 0.3) is 56.9 Å². The first-order valence-electron chi connectivity index (χ1n) is 27.6. The number of benzene rings is 4. The molecule has 90 heavy (non-hydrogen) atoms. The molecule has 30 nitrogen and oxygen atoms in total. The quantitative estimate of drug-likeness (QED) is 0.0628. The van der Waals surface area contributed by atoms with Crippen molar-refractivity contribution in [2.75, 3.05) is 34.4 Å². The Labute approximate surface area is 503 Å². The molecule has 30 heteroatoms. The van der Waals surface area contributed by atoms with E-state index in [4.69, 9.17) is 21.7 Å². The third-order valence-electron chi connectivity index (χ3n) is 15.5. The Kier molecular flexibility index (Phi) is 15.8. The predicted octanol–water partition coefficient (Wildman–Crippen LogP) is 1.09. The monoisotopic (exact) mass is 1220 g/mol. The van der Waals surface area contributed by atoms with Gasteiger partial charge >= 0.3 is 23.5 Å². The number of nitrogens with zero attached hydrogens (tertiary/aromatic N) is 8. The number of carboxylic acid groups (broad SMARTS) is 2. The maximum absolute atomic E-state index is 13.3. The molecule has 2 aliphatic heterocycles. The van der Waals surface area contributed by atoms with E-state index < -0.39 is 80.9 Å². The van der Waals surface area contributed by atoms with E-state index in [1.165, 1.54) is 24.3 Å². The molecule has 0 bridgehead atoms. The Balaban J connectivity index is 0.000000185. The number of hydrogen-bond donors (Lipinski definition) is 8. The number of aromatic nitrogens is 6. The zero-order valence-electron chi connectivity index (χ0n) is 47.4. The van der Waals surface area contributed by atoms with Crippen molar-refractivity contribution in [1.82, 2.24) is 50.3 Å². The molecule has 0 spiro atoms. The van der Waals surface area contributed by atoms with E-state index in [0.717, 1.165) is 54.3 Å². The highest BCUT2D eigenvalue weighted by molar-refractivity contribution is 5.99. The van der Waals surface area contributed by atoms with Crippen LogP contribution < -0.4 is 75.8 Å². The molecule has 0 saturated heterocycles. The van der Waals surface area contributed by atoms with Gasteiger partial charge in [-0.15, -0.1) is 0 Å². The van der Waals surface area contributed by atoms with Gasteiger partial charge in [0, 0.05) is 39.3 Å². The number of carbonyl (C=O) groups is 6. The second-order valence-electron chi connectivity index (χ2n) is 21.2. The Morgan fingerprint density at radius 1 is 0.511 bits per heavy atom. The molecule has 4 aromatic heterocycles. The Hall–Kier alpha value is -12.2. The standard InChI is InChI=1S/2C30H25N7O8/c1-14(16-4-6-18(7-5-16)28(42)43)33-26(40)20-11-21(37-29(34-20)35-45-30(37)44)27(41)32-12-15-2-3-17-8-9-36(13-19(17)10-15)23-22(31)24(38)25(23)39;1-14(16-4-6-18(7-5-16)28(42)43)33-27(41)21-11-20(34-29-35-45-30(44)37(21)29)26(40)32-12-15-2-3-17-8-9-36(13-19(17)10-15)23-22(31)24(38)25(23)39/h2-7,10-11,14H,8-9,12-13,31H2,1H3,(H,32,41)(H,33,40)(H,42,43);2-7,10-11,14H,8-9,12-13,31H2,1H3,(H,32,40)(H,33,41)(H,42,43)/t2*14-/m00/s1. The van der Waals surface area contributed by atoms with E-state index in [1.54, 1.807) is 47.9 Å². The summed E-state index contributed by atoms with van der Waals surface area (Å²) >= 11 is 0. The summed E-state index contributed by atoms with van der Waals surface area (Å²) in [5.41, 5.74) is 15.4. The first-order valence-corrected chi connectivity index (χ1v) is 27.6. The lowest BCUT2D eigenvalue weighted by molar-refractivity contribution is 0.0686. The van der Waals surface area contributed by atoms with Crippen LogP contribution in [0.3, 0.4) is 0 Å². The topological polar surface area (TPSA) is 439 Å². The predicted molar refractivity (Wildman–Crippen MR) is 318 cm³/mol. The van der Waals surface area contributed by atoms with Crippen LogP contribution in [-0.2, 0) is 39.0 Å². The number of rotatable bonds is 16. The van der Waals surface area contributed by atoms with Crippen molar-refractivity contribution >= 4 is 69.9 Å². The van der Waals surface area contributed by atoms with Crippen LogP contribution in [0.5, 0.6) is 0 Å². The minimum atomic E-state index is -1.09. The maximum atomic E-state index is 13.3. The highest BCUT2D eigenvalue weighted by Gasteiger charge is 2.30. The molecule has 0 saturated carbocycles. The number of aromatic carboxylic acids is 2. The van der Waals surface area contributed by atoms with Gasteiger partial charge in [-0.1, -0.05) is 60.7 Å². The molecule has 4 amide bonds. The fourth-order valence-electron chi connectivity index (χ4n) is 10.6. The van der Waals surface area contributed by atoms with Crippen LogP contribution in [0, 0.1) is 0 Å². The fraction of sp³-hybridized carbons (Fsp3) is 0.200. The van der Waals surface area contributed by atoms with Gasteiger partial charge in [-0.05, 0) is 118 Å². The molecule has 0 fully saturated rings. The van der Waals surface area contributed by atoms with Crippen LogP contribution in [0.2, 0.25) is 0 Å². The molecule has 12 rings (SSSR count). The van der Waals surface area contributed by atoms with Gasteiger partial charge in [-0.25, -0.2) is 37.9 Å². The fourth-order valence-corrected chi connectivity index (χ4v) is 10.6. The number of carboxylic acids is 2. The summed E-state index contributed by atoms with van der Waals surface area (Å²) in [6.45, 7) is 5.34. The van der Waals surface area contributed by atoms with Crippen molar-refractivity contribution in [3.8, 4) is 0 Å². The molecular weight excluding hydrogens is 1170 g/mol. The molecule has 0 radical (unpaired) electrons. The molecule has 2 atom stereocenters. The summed E-state index contributed by atoms with van der Waals surface area (Å²) in [6.07, 6.45) is 1.29. The van der Waals surface area contributed by atoms with Crippen LogP contribution in [0.15, 0.2) is 135 Å². The number of nitrogens with one attached hydrogen (secondary N) is 4.